The third-order valence-electron chi connectivity index (χ3n) is 8.48. The van der Waals surface area contributed by atoms with Gasteiger partial charge in [0.1, 0.15) is 0 Å². The second-order valence-electron chi connectivity index (χ2n) is 11.7. The van der Waals surface area contributed by atoms with E-state index in [0.717, 1.165) is 32.1 Å². The maximum atomic E-state index is 13.5. The lowest BCUT2D eigenvalue weighted by molar-refractivity contribution is -0.152. The van der Waals surface area contributed by atoms with E-state index in [1.54, 1.807) is 7.11 Å². The monoisotopic (exact) mass is 458 g/mol. The van der Waals surface area contributed by atoms with Gasteiger partial charge in [0.2, 0.25) is 0 Å². The van der Waals surface area contributed by atoms with E-state index in [1.165, 1.54) is 10.8 Å². The summed E-state index contributed by atoms with van der Waals surface area (Å²) in [7, 11) is -2.36. The fourth-order valence-electron chi connectivity index (χ4n) is 5.63. The Morgan fingerprint density at radius 1 is 1.06 bits per heavy atom. The Hall–Kier alpha value is -1.18. The van der Waals surface area contributed by atoms with E-state index >= 15 is 0 Å². The normalized spacial score (nSPS) is 27.3. The van der Waals surface area contributed by atoms with Crippen LogP contribution >= 0.6 is 0 Å². The zero-order valence-electron chi connectivity index (χ0n) is 20.9. The molecular weight excluding hydrogens is 416 g/mol. The van der Waals surface area contributed by atoms with Crippen molar-refractivity contribution in [3.63, 3.8) is 0 Å². The summed E-state index contributed by atoms with van der Waals surface area (Å²) < 4.78 is 12.5. The quantitative estimate of drug-likeness (QED) is 0.290. The molecule has 3 atom stereocenters. The van der Waals surface area contributed by atoms with E-state index in [4.69, 9.17) is 9.16 Å². The predicted octanol–water partition coefficient (Wildman–Crippen LogP) is 6.43. The standard InChI is InChI=1S/C26H42O3Si2/c1-25(2,3)31(7,8)29-21-18-20-14-12-13-17-26(20,24(27)28-4)23(19-21)30(5,6)22-15-10-9-11-16-22/h9-11,15-16,18,21,23H,12-14,17,19H2,1-8H3/t21-,23-,26+/m1/s1. The lowest BCUT2D eigenvalue weighted by Crippen LogP contribution is -2.59. The van der Waals surface area contributed by atoms with Crippen molar-refractivity contribution in [1.29, 1.82) is 0 Å². The van der Waals surface area contributed by atoms with Crippen LogP contribution in [0.2, 0.25) is 36.8 Å². The van der Waals surface area contributed by atoms with E-state index in [1.807, 2.05) is 0 Å². The average Bonchev–Trinajstić information content (AvgIpc) is 2.72. The number of carbonyl (C=O) groups is 1. The van der Waals surface area contributed by atoms with Crippen molar-refractivity contribution < 1.29 is 14.0 Å². The summed E-state index contributed by atoms with van der Waals surface area (Å²) in [6.45, 7) is 16.5. The number of methoxy groups -OCH3 is 1. The van der Waals surface area contributed by atoms with Gasteiger partial charge in [-0.2, -0.15) is 0 Å². The number of fused-ring (bicyclic) bond motifs is 1. The molecule has 0 amide bonds. The van der Waals surface area contributed by atoms with Gasteiger partial charge in [-0.05, 0) is 49.4 Å². The van der Waals surface area contributed by atoms with Crippen molar-refractivity contribution >= 4 is 27.5 Å². The number of benzene rings is 1. The molecule has 1 aromatic rings. The second kappa shape index (κ2) is 8.64. The van der Waals surface area contributed by atoms with E-state index in [2.05, 4.69) is 83.4 Å². The molecule has 0 saturated heterocycles. The smallest absolute Gasteiger partial charge is 0.315 e. The van der Waals surface area contributed by atoms with Gasteiger partial charge in [-0.3, -0.25) is 4.79 Å². The van der Waals surface area contributed by atoms with Gasteiger partial charge in [-0.25, -0.2) is 0 Å². The Morgan fingerprint density at radius 3 is 2.29 bits per heavy atom. The Labute approximate surface area is 191 Å². The highest BCUT2D eigenvalue weighted by Crippen LogP contribution is 2.58. The maximum Gasteiger partial charge on any atom is 0.315 e. The van der Waals surface area contributed by atoms with Crippen LogP contribution in [0.25, 0.3) is 0 Å². The molecule has 0 unspecified atom stereocenters. The molecule has 172 valence electrons. The molecule has 1 aromatic carbocycles. The van der Waals surface area contributed by atoms with Gasteiger partial charge in [0.15, 0.2) is 8.32 Å². The number of carbonyl (C=O) groups excluding carboxylic acids is 1. The molecule has 0 bridgehead atoms. The van der Waals surface area contributed by atoms with Crippen LogP contribution in [0.1, 0.15) is 52.9 Å². The largest absolute Gasteiger partial charge is 0.468 e. The molecule has 1 saturated carbocycles. The lowest BCUT2D eigenvalue weighted by Gasteiger charge is -2.53. The molecule has 1 fully saturated rings. The fourth-order valence-corrected chi connectivity index (χ4v) is 10.9. The second-order valence-corrected chi connectivity index (χ2v) is 21.1. The van der Waals surface area contributed by atoms with Gasteiger partial charge in [-0.1, -0.05) is 87.5 Å². The van der Waals surface area contributed by atoms with Crippen LogP contribution in [0.4, 0.5) is 0 Å². The van der Waals surface area contributed by atoms with Crippen molar-refractivity contribution in [3.05, 3.63) is 42.0 Å². The Balaban J connectivity index is 2.12. The minimum Gasteiger partial charge on any atom is -0.468 e. The summed E-state index contributed by atoms with van der Waals surface area (Å²) in [5.74, 6) is -0.0225. The van der Waals surface area contributed by atoms with Crippen molar-refractivity contribution in [3.8, 4) is 0 Å². The van der Waals surface area contributed by atoms with Gasteiger partial charge in [-0.15, -0.1) is 0 Å². The first-order valence-electron chi connectivity index (χ1n) is 11.9. The maximum absolute atomic E-state index is 13.5. The van der Waals surface area contributed by atoms with Crippen LogP contribution in [0.3, 0.4) is 0 Å². The zero-order chi connectivity index (χ0) is 23.1. The van der Waals surface area contributed by atoms with Gasteiger partial charge in [0, 0.05) is 0 Å². The topological polar surface area (TPSA) is 35.5 Å². The molecule has 3 nitrogen and oxygen atoms in total. The first-order valence-corrected chi connectivity index (χ1v) is 17.9. The summed E-state index contributed by atoms with van der Waals surface area (Å²) in [4.78, 5) is 13.5. The zero-order valence-corrected chi connectivity index (χ0v) is 22.9. The van der Waals surface area contributed by atoms with E-state index in [9.17, 15) is 4.79 Å². The van der Waals surface area contributed by atoms with Gasteiger partial charge < -0.3 is 9.16 Å². The number of esters is 1. The minimum atomic E-state index is -2.01. The van der Waals surface area contributed by atoms with Crippen molar-refractivity contribution in [2.75, 3.05) is 7.11 Å². The summed E-state index contributed by atoms with van der Waals surface area (Å²) in [6.07, 6.45) is 7.48. The molecule has 0 spiro atoms. The highest BCUT2D eigenvalue weighted by Gasteiger charge is 2.59. The van der Waals surface area contributed by atoms with Crippen molar-refractivity contribution in [1.82, 2.24) is 0 Å². The van der Waals surface area contributed by atoms with E-state index < -0.39 is 21.8 Å². The summed E-state index contributed by atoms with van der Waals surface area (Å²) in [5.41, 5.74) is 1.08. The van der Waals surface area contributed by atoms with Gasteiger partial charge >= 0.3 is 5.97 Å². The predicted molar refractivity (Wildman–Crippen MR) is 135 cm³/mol. The van der Waals surface area contributed by atoms with E-state index in [-0.39, 0.29) is 22.7 Å². The SMILES string of the molecule is COC(=O)[C@@]12CCCCC1=C[C@@H](O[Si](C)(C)C(C)(C)C)C[C@H]2[Si](C)(C)c1ccccc1. The molecule has 0 heterocycles. The molecule has 0 N–H and O–H groups in total. The van der Waals surface area contributed by atoms with Crippen molar-refractivity contribution in [2.24, 2.45) is 5.41 Å². The number of hydrogen-bond donors (Lipinski definition) is 0. The summed E-state index contributed by atoms with van der Waals surface area (Å²) >= 11 is 0. The Morgan fingerprint density at radius 2 is 1.71 bits per heavy atom. The summed E-state index contributed by atoms with van der Waals surface area (Å²) in [5, 5.41) is 1.58. The van der Waals surface area contributed by atoms with Crippen molar-refractivity contribution in [2.45, 2.75) is 95.7 Å². The van der Waals surface area contributed by atoms with Crippen LogP contribution in [-0.4, -0.2) is 35.6 Å². The molecule has 2 aliphatic rings. The Kier molecular flexibility index (Phi) is 6.82. The van der Waals surface area contributed by atoms with Crippen LogP contribution in [-0.2, 0) is 14.0 Å². The molecule has 5 heteroatoms. The third-order valence-corrected chi connectivity index (χ3v) is 17.3. The van der Waals surface area contributed by atoms with Crippen LogP contribution in [0, 0.1) is 5.41 Å². The number of rotatable bonds is 5. The number of hydrogen-bond acceptors (Lipinski definition) is 3. The minimum absolute atomic E-state index is 0.0225. The lowest BCUT2D eigenvalue weighted by atomic mass is 9.64. The van der Waals surface area contributed by atoms with Gasteiger partial charge in [0.25, 0.3) is 0 Å². The third kappa shape index (κ3) is 4.38. The van der Waals surface area contributed by atoms with E-state index in [0.29, 0.717) is 0 Å². The van der Waals surface area contributed by atoms with Crippen LogP contribution < -0.4 is 5.19 Å². The van der Waals surface area contributed by atoms with Crippen LogP contribution in [0.5, 0.6) is 0 Å². The molecule has 31 heavy (non-hydrogen) atoms. The highest BCUT2D eigenvalue weighted by molar-refractivity contribution is 6.91. The molecule has 0 radical (unpaired) electrons. The molecule has 2 aliphatic carbocycles. The first-order chi connectivity index (χ1) is 14.4. The highest BCUT2D eigenvalue weighted by atomic mass is 28.4. The molecule has 0 aliphatic heterocycles. The molecule has 3 rings (SSSR count). The first kappa shape index (κ1) is 24.5. The fraction of sp³-hybridized carbons (Fsp3) is 0.654. The summed E-state index contributed by atoms with van der Waals surface area (Å²) in [6, 6.07) is 10.9. The van der Waals surface area contributed by atoms with Gasteiger partial charge in [0.05, 0.1) is 26.7 Å². The average molecular weight is 459 g/mol. The Bertz CT molecular complexity index is 823. The molecular formula is C26H42O3Si2. The van der Waals surface area contributed by atoms with Crippen LogP contribution in [0.15, 0.2) is 42.0 Å². The number of ether oxygens (including phenoxy) is 1. The molecule has 0 aromatic heterocycles.